The summed E-state index contributed by atoms with van der Waals surface area (Å²) in [5.74, 6) is 0.00477. The van der Waals surface area contributed by atoms with E-state index in [1.807, 2.05) is 54.2 Å². The summed E-state index contributed by atoms with van der Waals surface area (Å²) >= 11 is 6.38. The number of rotatable bonds is 4. The van der Waals surface area contributed by atoms with E-state index in [4.69, 9.17) is 21.4 Å². The number of benzene rings is 1. The van der Waals surface area contributed by atoms with E-state index in [-0.39, 0.29) is 11.9 Å². The summed E-state index contributed by atoms with van der Waals surface area (Å²) in [6, 6.07) is 11.6. The summed E-state index contributed by atoms with van der Waals surface area (Å²) in [5.41, 5.74) is 2.80. The molecule has 7 heteroatoms. The minimum Gasteiger partial charge on any atom is -0.379 e. The summed E-state index contributed by atoms with van der Waals surface area (Å²) < 4.78 is 7.42. The van der Waals surface area contributed by atoms with Crippen molar-refractivity contribution in [2.45, 2.75) is 12.5 Å². The van der Waals surface area contributed by atoms with E-state index in [2.05, 4.69) is 4.90 Å². The zero-order valence-electron chi connectivity index (χ0n) is 15.3. The number of halogens is 1. The Bertz CT molecular complexity index is 857. The molecule has 3 heterocycles. The third kappa shape index (κ3) is 3.78. The SMILES string of the molecule is Cn1cccc1[C@H]1CC(c2ccccc2Cl)=NN1C(=O)CN1CCOCC1. The highest BCUT2D eigenvalue weighted by atomic mass is 35.5. The molecule has 0 bridgehead atoms. The molecule has 0 saturated carbocycles. The number of amides is 1. The normalized spacial score (nSPS) is 20.7. The van der Waals surface area contributed by atoms with Crippen LogP contribution in [-0.2, 0) is 16.6 Å². The van der Waals surface area contributed by atoms with Gasteiger partial charge in [0.1, 0.15) is 6.04 Å². The number of nitrogens with zero attached hydrogens (tertiary/aromatic N) is 4. The van der Waals surface area contributed by atoms with Crippen LogP contribution in [0.25, 0.3) is 0 Å². The van der Waals surface area contributed by atoms with Gasteiger partial charge in [-0.15, -0.1) is 0 Å². The minimum absolute atomic E-state index is 0.00477. The molecule has 0 unspecified atom stereocenters. The van der Waals surface area contributed by atoms with Crippen LogP contribution in [0.15, 0.2) is 47.7 Å². The number of ether oxygens (including phenoxy) is 1. The fourth-order valence-corrected chi connectivity index (χ4v) is 3.92. The van der Waals surface area contributed by atoms with Gasteiger partial charge in [-0.1, -0.05) is 29.8 Å². The molecule has 2 aromatic rings. The van der Waals surface area contributed by atoms with Gasteiger partial charge in [-0.05, 0) is 18.2 Å². The van der Waals surface area contributed by atoms with Crippen molar-refractivity contribution in [3.05, 3.63) is 58.9 Å². The Morgan fingerprint density at radius 2 is 2.00 bits per heavy atom. The smallest absolute Gasteiger partial charge is 0.257 e. The summed E-state index contributed by atoms with van der Waals surface area (Å²) in [7, 11) is 1.99. The highest BCUT2D eigenvalue weighted by Gasteiger charge is 2.35. The van der Waals surface area contributed by atoms with E-state index < -0.39 is 0 Å². The maximum absolute atomic E-state index is 13.1. The Hall–Kier alpha value is -2.15. The Kier molecular flexibility index (Phi) is 5.29. The molecule has 6 nitrogen and oxygen atoms in total. The largest absolute Gasteiger partial charge is 0.379 e. The number of hydrazone groups is 1. The van der Waals surface area contributed by atoms with Gasteiger partial charge in [-0.3, -0.25) is 9.69 Å². The molecular weight excluding hydrogens is 364 g/mol. The molecule has 0 radical (unpaired) electrons. The molecule has 0 N–H and O–H groups in total. The van der Waals surface area contributed by atoms with Crippen molar-refractivity contribution in [2.75, 3.05) is 32.8 Å². The van der Waals surface area contributed by atoms with Crippen molar-refractivity contribution in [1.29, 1.82) is 0 Å². The van der Waals surface area contributed by atoms with Gasteiger partial charge in [0.25, 0.3) is 5.91 Å². The number of aromatic nitrogens is 1. The topological polar surface area (TPSA) is 50.1 Å². The van der Waals surface area contributed by atoms with Crippen LogP contribution in [0.3, 0.4) is 0 Å². The molecule has 2 aliphatic rings. The van der Waals surface area contributed by atoms with Crippen molar-refractivity contribution in [3.8, 4) is 0 Å². The summed E-state index contributed by atoms with van der Waals surface area (Å²) in [6.45, 7) is 3.24. The van der Waals surface area contributed by atoms with Crippen molar-refractivity contribution in [3.63, 3.8) is 0 Å². The highest BCUT2D eigenvalue weighted by molar-refractivity contribution is 6.34. The first kappa shape index (κ1) is 18.2. The van der Waals surface area contributed by atoms with Crippen molar-refractivity contribution in [2.24, 2.45) is 12.1 Å². The Morgan fingerprint density at radius 3 is 2.70 bits per heavy atom. The maximum atomic E-state index is 13.1. The lowest BCUT2D eigenvalue weighted by Gasteiger charge is -2.29. The first-order chi connectivity index (χ1) is 13.1. The summed E-state index contributed by atoms with van der Waals surface area (Å²) in [6.07, 6.45) is 2.64. The highest BCUT2D eigenvalue weighted by Crippen LogP contribution is 2.34. The third-order valence-corrected chi connectivity index (χ3v) is 5.47. The lowest BCUT2D eigenvalue weighted by Crippen LogP contribution is -2.43. The van der Waals surface area contributed by atoms with E-state index >= 15 is 0 Å². The van der Waals surface area contributed by atoms with Gasteiger partial charge in [0.05, 0.1) is 25.5 Å². The molecular formula is C20H23ClN4O2. The second kappa shape index (κ2) is 7.84. The molecule has 27 heavy (non-hydrogen) atoms. The molecule has 1 atom stereocenters. The Balaban J connectivity index is 1.62. The Morgan fingerprint density at radius 1 is 1.22 bits per heavy atom. The van der Waals surface area contributed by atoms with Crippen LogP contribution in [0.1, 0.15) is 23.7 Å². The predicted octanol–water partition coefficient (Wildman–Crippen LogP) is 2.69. The van der Waals surface area contributed by atoms with Gasteiger partial charge in [-0.25, -0.2) is 5.01 Å². The predicted molar refractivity (Wildman–Crippen MR) is 105 cm³/mol. The molecule has 142 valence electrons. The van der Waals surface area contributed by atoms with Crippen molar-refractivity contribution >= 4 is 23.2 Å². The number of aryl methyl sites for hydroxylation is 1. The number of hydrogen-bond donors (Lipinski definition) is 0. The average Bonchev–Trinajstić information content (AvgIpc) is 3.29. The van der Waals surface area contributed by atoms with Gasteiger partial charge in [0.15, 0.2) is 0 Å². The maximum Gasteiger partial charge on any atom is 0.257 e. The molecule has 1 aromatic heterocycles. The molecule has 1 fully saturated rings. The average molecular weight is 387 g/mol. The van der Waals surface area contributed by atoms with Gasteiger partial charge in [-0.2, -0.15) is 5.10 Å². The monoisotopic (exact) mass is 386 g/mol. The lowest BCUT2D eigenvalue weighted by molar-refractivity contribution is -0.135. The van der Waals surface area contributed by atoms with E-state index in [1.165, 1.54) is 0 Å². The second-order valence-corrected chi connectivity index (χ2v) is 7.32. The number of morpholine rings is 1. The van der Waals surface area contributed by atoms with E-state index in [1.54, 1.807) is 5.01 Å². The molecule has 0 aliphatic carbocycles. The molecule has 2 aliphatic heterocycles. The first-order valence-corrected chi connectivity index (χ1v) is 9.57. The minimum atomic E-state index is -0.121. The molecule has 1 saturated heterocycles. The summed E-state index contributed by atoms with van der Waals surface area (Å²) in [5, 5.41) is 7.01. The van der Waals surface area contributed by atoms with E-state index in [0.717, 1.165) is 30.1 Å². The lowest BCUT2D eigenvalue weighted by atomic mass is 10.0. The second-order valence-electron chi connectivity index (χ2n) is 6.92. The third-order valence-electron chi connectivity index (χ3n) is 5.14. The Labute approximate surface area is 164 Å². The van der Waals surface area contributed by atoms with Crippen LogP contribution in [-0.4, -0.2) is 58.9 Å². The quantitative estimate of drug-likeness (QED) is 0.811. The standard InChI is InChI=1S/C20H23ClN4O2/c1-23-8-4-7-18(23)19-13-17(15-5-2-3-6-16(15)21)22-25(19)20(26)14-24-9-11-27-12-10-24/h2-8,19H,9-14H2,1H3/t19-/m1/s1. The van der Waals surface area contributed by atoms with Crippen LogP contribution >= 0.6 is 11.6 Å². The van der Waals surface area contributed by atoms with E-state index in [0.29, 0.717) is 31.2 Å². The van der Waals surface area contributed by atoms with Gasteiger partial charge >= 0.3 is 0 Å². The van der Waals surface area contributed by atoms with Crippen molar-refractivity contribution in [1.82, 2.24) is 14.5 Å². The number of hydrogen-bond acceptors (Lipinski definition) is 4. The van der Waals surface area contributed by atoms with Gasteiger partial charge < -0.3 is 9.30 Å². The van der Waals surface area contributed by atoms with Gasteiger partial charge in [0, 0.05) is 49.0 Å². The summed E-state index contributed by atoms with van der Waals surface area (Å²) in [4.78, 5) is 15.2. The molecule has 1 aromatic carbocycles. The number of carbonyl (C=O) groups excluding carboxylic acids is 1. The van der Waals surface area contributed by atoms with Crippen LogP contribution in [0.4, 0.5) is 0 Å². The fraction of sp³-hybridized carbons (Fsp3) is 0.400. The molecule has 1 amide bonds. The molecule has 0 spiro atoms. The van der Waals surface area contributed by atoms with Crippen LogP contribution in [0.2, 0.25) is 5.02 Å². The fourth-order valence-electron chi connectivity index (χ4n) is 3.67. The van der Waals surface area contributed by atoms with Crippen LogP contribution < -0.4 is 0 Å². The van der Waals surface area contributed by atoms with Crippen LogP contribution in [0, 0.1) is 0 Å². The zero-order chi connectivity index (χ0) is 18.8. The number of carbonyl (C=O) groups is 1. The van der Waals surface area contributed by atoms with Crippen molar-refractivity contribution < 1.29 is 9.53 Å². The molecule has 4 rings (SSSR count). The zero-order valence-corrected chi connectivity index (χ0v) is 16.1. The van der Waals surface area contributed by atoms with Gasteiger partial charge in [0.2, 0.25) is 0 Å². The van der Waals surface area contributed by atoms with Crippen LogP contribution in [0.5, 0.6) is 0 Å². The first-order valence-electron chi connectivity index (χ1n) is 9.19. The van der Waals surface area contributed by atoms with E-state index in [9.17, 15) is 4.79 Å².